The molecule has 8 nitrogen and oxygen atoms in total. The third kappa shape index (κ3) is 4.42. The molecule has 0 amide bonds. The van der Waals surface area contributed by atoms with E-state index in [1.807, 2.05) is 12.1 Å². The number of methoxy groups -OCH3 is 1. The summed E-state index contributed by atoms with van der Waals surface area (Å²) in [5.74, 6) is -0.0201. The van der Waals surface area contributed by atoms with Crippen LogP contribution in [0.25, 0.3) is 11.1 Å². The van der Waals surface area contributed by atoms with Crippen LogP contribution in [0.3, 0.4) is 0 Å². The van der Waals surface area contributed by atoms with E-state index in [1.54, 1.807) is 37.3 Å². The molecule has 3 rings (SSSR count). The van der Waals surface area contributed by atoms with E-state index >= 15 is 0 Å². The second-order valence-corrected chi connectivity index (χ2v) is 6.87. The SMILES string of the molecule is COC(=O)c1cccc(-c2ccc(OC3O[C@@H](CO)[C@@H](O)[C@H](O)[C@H]3O)c(C)c2)c1. The summed E-state index contributed by atoms with van der Waals surface area (Å²) in [6, 6.07) is 12.3. The Morgan fingerprint density at radius 2 is 1.76 bits per heavy atom. The largest absolute Gasteiger partial charge is 0.465 e. The molecule has 1 heterocycles. The maximum Gasteiger partial charge on any atom is 0.337 e. The molecule has 1 aliphatic heterocycles. The molecule has 1 unspecified atom stereocenters. The number of aryl methyl sites for hydroxylation is 1. The maximum absolute atomic E-state index is 11.7. The van der Waals surface area contributed by atoms with Gasteiger partial charge in [-0.05, 0) is 47.9 Å². The first-order valence-electron chi connectivity index (χ1n) is 9.12. The fraction of sp³-hybridized carbons (Fsp3) is 0.381. The number of ether oxygens (including phenoxy) is 3. The first-order chi connectivity index (χ1) is 13.8. The van der Waals surface area contributed by atoms with E-state index in [4.69, 9.17) is 14.2 Å². The summed E-state index contributed by atoms with van der Waals surface area (Å²) in [6.07, 6.45) is -6.73. The number of hydrogen-bond donors (Lipinski definition) is 4. The molecule has 1 saturated heterocycles. The van der Waals surface area contributed by atoms with Gasteiger partial charge < -0.3 is 34.6 Å². The Kier molecular flexibility index (Phi) is 6.51. The minimum atomic E-state index is -1.51. The van der Waals surface area contributed by atoms with Gasteiger partial charge in [0.2, 0.25) is 6.29 Å². The Morgan fingerprint density at radius 3 is 2.41 bits per heavy atom. The van der Waals surface area contributed by atoms with Gasteiger partial charge in [0.05, 0.1) is 19.3 Å². The van der Waals surface area contributed by atoms with Crippen LogP contribution < -0.4 is 4.74 Å². The summed E-state index contributed by atoms with van der Waals surface area (Å²) in [7, 11) is 1.32. The molecule has 2 aromatic carbocycles. The summed E-state index contributed by atoms with van der Waals surface area (Å²) in [4.78, 5) is 11.7. The van der Waals surface area contributed by atoms with Gasteiger partial charge in [-0.2, -0.15) is 0 Å². The summed E-state index contributed by atoms with van der Waals surface area (Å²) in [6.45, 7) is 1.27. The molecule has 2 aromatic rings. The summed E-state index contributed by atoms with van der Waals surface area (Å²) >= 11 is 0. The molecule has 0 aromatic heterocycles. The molecule has 0 radical (unpaired) electrons. The highest BCUT2D eigenvalue weighted by molar-refractivity contribution is 5.91. The van der Waals surface area contributed by atoms with Crippen molar-refractivity contribution in [2.45, 2.75) is 37.6 Å². The first-order valence-corrected chi connectivity index (χ1v) is 9.12. The third-order valence-corrected chi connectivity index (χ3v) is 4.88. The Balaban J connectivity index is 1.81. The van der Waals surface area contributed by atoms with Gasteiger partial charge in [-0.1, -0.05) is 18.2 Å². The van der Waals surface area contributed by atoms with E-state index in [0.29, 0.717) is 11.3 Å². The van der Waals surface area contributed by atoms with E-state index in [-0.39, 0.29) is 0 Å². The van der Waals surface area contributed by atoms with Crippen LogP contribution in [0.2, 0.25) is 0 Å². The van der Waals surface area contributed by atoms with Crippen molar-refractivity contribution in [2.75, 3.05) is 13.7 Å². The Bertz CT molecular complexity index is 866. The van der Waals surface area contributed by atoms with Crippen LogP contribution in [-0.4, -0.2) is 70.8 Å². The number of rotatable bonds is 5. The van der Waals surface area contributed by atoms with Crippen LogP contribution in [0.1, 0.15) is 15.9 Å². The predicted molar refractivity (Wildman–Crippen MR) is 102 cm³/mol. The van der Waals surface area contributed by atoms with Crippen LogP contribution in [-0.2, 0) is 9.47 Å². The second kappa shape index (κ2) is 8.89. The molecule has 5 atom stereocenters. The molecular formula is C21H24O8. The standard InChI is InChI=1S/C21H24O8/c1-11-8-13(12-4-3-5-14(9-12)20(26)27-2)6-7-15(11)28-21-19(25)18(24)17(23)16(10-22)29-21/h3-9,16-19,21-25H,10H2,1-2H3/t16-,17+,18-,19+,21?/m0/s1. The number of carbonyl (C=O) groups is 1. The topological polar surface area (TPSA) is 126 Å². The highest BCUT2D eigenvalue weighted by Crippen LogP contribution is 2.30. The lowest BCUT2D eigenvalue weighted by Crippen LogP contribution is -2.60. The fourth-order valence-corrected chi connectivity index (χ4v) is 3.19. The minimum absolute atomic E-state index is 0.405. The Hall–Kier alpha value is -2.49. The molecule has 1 aliphatic rings. The van der Waals surface area contributed by atoms with Crippen molar-refractivity contribution in [1.82, 2.24) is 0 Å². The quantitative estimate of drug-likeness (QED) is 0.535. The number of aliphatic hydroxyl groups is 4. The van der Waals surface area contributed by atoms with Crippen molar-refractivity contribution in [2.24, 2.45) is 0 Å². The number of benzene rings is 2. The van der Waals surface area contributed by atoms with Crippen LogP contribution in [0.5, 0.6) is 5.75 Å². The molecule has 1 fully saturated rings. The van der Waals surface area contributed by atoms with Crippen LogP contribution >= 0.6 is 0 Å². The lowest BCUT2D eigenvalue weighted by atomic mass is 9.99. The zero-order chi connectivity index (χ0) is 21.1. The average molecular weight is 404 g/mol. The fourth-order valence-electron chi connectivity index (χ4n) is 3.19. The molecule has 0 aliphatic carbocycles. The minimum Gasteiger partial charge on any atom is -0.465 e. The molecule has 0 saturated carbocycles. The van der Waals surface area contributed by atoms with E-state index in [9.17, 15) is 25.2 Å². The van der Waals surface area contributed by atoms with Crippen molar-refractivity contribution in [3.63, 3.8) is 0 Å². The van der Waals surface area contributed by atoms with Gasteiger partial charge in [0.15, 0.2) is 0 Å². The maximum atomic E-state index is 11.7. The molecule has 29 heavy (non-hydrogen) atoms. The van der Waals surface area contributed by atoms with Gasteiger partial charge in [-0.15, -0.1) is 0 Å². The summed E-state index contributed by atoms with van der Waals surface area (Å²) in [5, 5.41) is 39.2. The van der Waals surface area contributed by atoms with Crippen molar-refractivity contribution < 1.29 is 39.4 Å². The number of carbonyl (C=O) groups excluding carboxylic acids is 1. The van der Waals surface area contributed by atoms with Gasteiger partial charge in [-0.25, -0.2) is 4.79 Å². The molecule has 156 valence electrons. The summed E-state index contributed by atoms with van der Waals surface area (Å²) in [5.41, 5.74) is 2.82. The van der Waals surface area contributed by atoms with Crippen molar-refractivity contribution in [1.29, 1.82) is 0 Å². The molecule has 0 spiro atoms. The first kappa shape index (κ1) is 21.2. The van der Waals surface area contributed by atoms with E-state index in [2.05, 4.69) is 0 Å². The second-order valence-electron chi connectivity index (χ2n) is 6.87. The van der Waals surface area contributed by atoms with Gasteiger partial charge in [0.1, 0.15) is 30.2 Å². The van der Waals surface area contributed by atoms with E-state index < -0.39 is 43.3 Å². The molecular weight excluding hydrogens is 380 g/mol. The zero-order valence-electron chi connectivity index (χ0n) is 16.1. The van der Waals surface area contributed by atoms with Crippen molar-refractivity contribution in [3.8, 4) is 16.9 Å². The Labute approximate surface area is 167 Å². The lowest BCUT2D eigenvalue weighted by molar-refractivity contribution is -0.277. The highest BCUT2D eigenvalue weighted by atomic mass is 16.7. The monoisotopic (exact) mass is 404 g/mol. The van der Waals surface area contributed by atoms with E-state index in [0.717, 1.165) is 16.7 Å². The van der Waals surface area contributed by atoms with Crippen LogP contribution in [0, 0.1) is 6.92 Å². The van der Waals surface area contributed by atoms with Gasteiger partial charge >= 0.3 is 5.97 Å². The van der Waals surface area contributed by atoms with Gasteiger partial charge in [0.25, 0.3) is 0 Å². The lowest BCUT2D eigenvalue weighted by Gasteiger charge is -2.39. The molecule has 4 N–H and O–H groups in total. The van der Waals surface area contributed by atoms with Crippen LogP contribution in [0.15, 0.2) is 42.5 Å². The number of aliphatic hydroxyl groups excluding tert-OH is 4. The van der Waals surface area contributed by atoms with Gasteiger partial charge in [0, 0.05) is 0 Å². The molecule has 8 heteroatoms. The Morgan fingerprint density at radius 1 is 1.03 bits per heavy atom. The third-order valence-electron chi connectivity index (χ3n) is 4.88. The number of esters is 1. The van der Waals surface area contributed by atoms with Crippen molar-refractivity contribution >= 4 is 5.97 Å². The molecule has 0 bridgehead atoms. The number of hydrogen-bond acceptors (Lipinski definition) is 8. The normalized spacial score (nSPS) is 26.8. The average Bonchev–Trinajstić information content (AvgIpc) is 2.74. The zero-order valence-corrected chi connectivity index (χ0v) is 16.1. The van der Waals surface area contributed by atoms with Gasteiger partial charge in [-0.3, -0.25) is 0 Å². The highest BCUT2D eigenvalue weighted by Gasteiger charge is 2.44. The smallest absolute Gasteiger partial charge is 0.337 e. The summed E-state index contributed by atoms with van der Waals surface area (Å²) < 4.78 is 15.8. The predicted octanol–water partition coefficient (Wildman–Crippen LogP) is 0.627. The van der Waals surface area contributed by atoms with E-state index in [1.165, 1.54) is 7.11 Å². The van der Waals surface area contributed by atoms with Crippen molar-refractivity contribution in [3.05, 3.63) is 53.6 Å². The van der Waals surface area contributed by atoms with Crippen LogP contribution in [0.4, 0.5) is 0 Å².